The maximum absolute atomic E-state index is 6.18. The molecule has 32 heavy (non-hydrogen) atoms. The molecular weight excluding hydrogens is 393 g/mol. The Labute approximate surface area is 190 Å². The number of hydrogen-bond acceptors (Lipinski definition) is 3. The minimum Gasteiger partial charge on any atom is -0.399 e. The van der Waals surface area contributed by atoms with Crippen LogP contribution < -0.4 is 10.8 Å². The Morgan fingerprint density at radius 1 is 0.656 bits per heavy atom. The van der Waals surface area contributed by atoms with E-state index in [1.807, 2.05) is 0 Å². The summed E-state index contributed by atoms with van der Waals surface area (Å²) in [6.45, 7) is 8.31. The van der Waals surface area contributed by atoms with E-state index in [4.69, 9.17) is 9.31 Å². The van der Waals surface area contributed by atoms with Gasteiger partial charge in [-0.1, -0.05) is 66.7 Å². The van der Waals surface area contributed by atoms with E-state index in [0.717, 1.165) is 16.8 Å². The molecule has 0 atom stereocenters. The molecule has 1 heterocycles. The van der Waals surface area contributed by atoms with Crippen molar-refractivity contribution in [3.63, 3.8) is 0 Å². The average molecular weight is 421 g/mol. The fraction of sp³-hybridized carbons (Fsp3) is 0.214. The second-order valence-corrected chi connectivity index (χ2v) is 9.45. The highest BCUT2D eigenvalue weighted by Crippen LogP contribution is 2.37. The van der Waals surface area contributed by atoms with Gasteiger partial charge in [-0.3, -0.25) is 0 Å². The Morgan fingerprint density at radius 2 is 1.28 bits per heavy atom. The van der Waals surface area contributed by atoms with Gasteiger partial charge in [0.05, 0.1) is 11.2 Å². The van der Waals surface area contributed by atoms with Crippen LogP contribution in [0, 0.1) is 0 Å². The molecule has 4 aromatic carbocycles. The lowest BCUT2D eigenvalue weighted by atomic mass is 9.79. The third kappa shape index (κ3) is 3.81. The first-order chi connectivity index (χ1) is 15.3. The molecule has 0 saturated carbocycles. The largest absolute Gasteiger partial charge is 0.494 e. The van der Waals surface area contributed by atoms with Gasteiger partial charge >= 0.3 is 7.12 Å². The van der Waals surface area contributed by atoms with Crippen LogP contribution in [0.5, 0.6) is 0 Å². The molecule has 0 bridgehead atoms. The SMILES string of the molecule is CC1(C)OB(c2ccc(Nc3cc(-c4ccccc4)c4ccccc4c3)cc2)OC1(C)C. The molecule has 4 aromatic rings. The number of fused-ring (bicyclic) bond motifs is 1. The van der Waals surface area contributed by atoms with Crippen LogP contribution in [0.25, 0.3) is 21.9 Å². The van der Waals surface area contributed by atoms with Crippen LogP contribution in [0.4, 0.5) is 11.4 Å². The Hall–Kier alpha value is -3.08. The van der Waals surface area contributed by atoms with Gasteiger partial charge < -0.3 is 14.6 Å². The molecule has 0 aromatic heterocycles. The van der Waals surface area contributed by atoms with Crippen LogP contribution in [0.3, 0.4) is 0 Å². The summed E-state index contributed by atoms with van der Waals surface area (Å²) in [5.74, 6) is 0. The van der Waals surface area contributed by atoms with E-state index < -0.39 is 0 Å². The first kappa shape index (κ1) is 20.8. The summed E-state index contributed by atoms with van der Waals surface area (Å²) in [6.07, 6.45) is 0. The number of nitrogens with one attached hydrogen (secondary N) is 1. The third-order valence-corrected chi connectivity index (χ3v) is 6.67. The zero-order chi connectivity index (χ0) is 22.3. The summed E-state index contributed by atoms with van der Waals surface area (Å²) in [5, 5.41) is 6.04. The van der Waals surface area contributed by atoms with Gasteiger partial charge in [-0.2, -0.15) is 0 Å². The van der Waals surface area contributed by atoms with Gasteiger partial charge in [-0.05, 0) is 79.3 Å². The van der Waals surface area contributed by atoms with Crippen LogP contribution >= 0.6 is 0 Å². The first-order valence-electron chi connectivity index (χ1n) is 11.1. The van der Waals surface area contributed by atoms with Crippen molar-refractivity contribution < 1.29 is 9.31 Å². The van der Waals surface area contributed by atoms with Gasteiger partial charge in [0.2, 0.25) is 0 Å². The van der Waals surface area contributed by atoms with Crippen LogP contribution in [-0.2, 0) is 9.31 Å². The van der Waals surface area contributed by atoms with E-state index in [9.17, 15) is 0 Å². The summed E-state index contributed by atoms with van der Waals surface area (Å²) < 4.78 is 12.4. The van der Waals surface area contributed by atoms with E-state index in [0.29, 0.717) is 0 Å². The van der Waals surface area contributed by atoms with E-state index in [1.165, 1.54) is 21.9 Å². The lowest BCUT2D eigenvalue weighted by Crippen LogP contribution is -2.41. The predicted molar refractivity (Wildman–Crippen MR) is 135 cm³/mol. The van der Waals surface area contributed by atoms with Crippen molar-refractivity contribution in [3.05, 3.63) is 91.0 Å². The summed E-state index contributed by atoms with van der Waals surface area (Å²) in [5.41, 5.74) is 4.87. The normalized spacial score (nSPS) is 16.9. The highest BCUT2D eigenvalue weighted by atomic mass is 16.7. The van der Waals surface area contributed by atoms with Gasteiger partial charge in [-0.15, -0.1) is 0 Å². The van der Waals surface area contributed by atoms with Crippen LogP contribution in [0.2, 0.25) is 0 Å². The van der Waals surface area contributed by atoms with Gasteiger partial charge in [0.1, 0.15) is 0 Å². The van der Waals surface area contributed by atoms with Gasteiger partial charge in [0, 0.05) is 11.4 Å². The van der Waals surface area contributed by atoms with Crippen LogP contribution in [0.1, 0.15) is 27.7 Å². The Bertz CT molecular complexity index is 1230. The predicted octanol–water partition coefficient (Wildman–Crippen LogP) is 6.55. The molecule has 0 unspecified atom stereocenters. The van der Waals surface area contributed by atoms with E-state index in [-0.39, 0.29) is 18.3 Å². The van der Waals surface area contributed by atoms with Crippen molar-refractivity contribution in [2.75, 3.05) is 5.32 Å². The van der Waals surface area contributed by atoms with Crippen LogP contribution in [0.15, 0.2) is 91.0 Å². The maximum Gasteiger partial charge on any atom is 0.494 e. The molecule has 1 fully saturated rings. The summed E-state index contributed by atoms with van der Waals surface area (Å²) in [4.78, 5) is 0. The number of anilines is 2. The van der Waals surface area contributed by atoms with E-state index >= 15 is 0 Å². The zero-order valence-electron chi connectivity index (χ0n) is 19.1. The lowest BCUT2D eigenvalue weighted by Gasteiger charge is -2.32. The number of benzene rings is 4. The minimum atomic E-state index is -0.348. The molecule has 160 valence electrons. The molecule has 1 aliphatic rings. The quantitative estimate of drug-likeness (QED) is 0.379. The topological polar surface area (TPSA) is 30.5 Å². The molecule has 1 aliphatic heterocycles. The molecule has 0 aliphatic carbocycles. The van der Waals surface area contributed by atoms with Crippen molar-refractivity contribution >= 4 is 34.7 Å². The fourth-order valence-corrected chi connectivity index (χ4v) is 4.11. The van der Waals surface area contributed by atoms with Crippen molar-refractivity contribution in [3.8, 4) is 11.1 Å². The Kier molecular flexibility index (Phi) is 5.08. The average Bonchev–Trinajstić information content (AvgIpc) is 3.01. The number of rotatable bonds is 4. The van der Waals surface area contributed by atoms with Crippen molar-refractivity contribution in [1.29, 1.82) is 0 Å². The molecule has 5 rings (SSSR count). The summed E-state index contributed by atoms with van der Waals surface area (Å²) >= 11 is 0. The molecule has 1 saturated heterocycles. The summed E-state index contributed by atoms with van der Waals surface area (Å²) in [6, 6.07) is 31.8. The maximum atomic E-state index is 6.18. The molecular formula is C28H28BNO2. The second kappa shape index (κ2) is 7.81. The fourth-order valence-electron chi connectivity index (χ4n) is 4.11. The lowest BCUT2D eigenvalue weighted by molar-refractivity contribution is 0.00578. The molecule has 4 heteroatoms. The summed E-state index contributed by atoms with van der Waals surface area (Å²) in [7, 11) is -0.348. The molecule has 0 radical (unpaired) electrons. The standard InChI is InChI=1S/C28H28BNO2/c1-27(2)28(3,4)32-29(31-27)22-14-16-23(17-15-22)30-24-18-21-12-8-9-13-25(21)26(19-24)20-10-6-5-7-11-20/h5-19,30H,1-4H3. The van der Waals surface area contributed by atoms with E-state index in [2.05, 4.69) is 124 Å². The second-order valence-electron chi connectivity index (χ2n) is 9.45. The van der Waals surface area contributed by atoms with Crippen molar-refractivity contribution in [1.82, 2.24) is 0 Å². The van der Waals surface area contributed by atoms with Gasteiger partial charge in [-0.25, -0.2) is 0 Å². The zero-order valence-corrected chi connectivity index (χ0v) is 19.1. The van der Waals surface area contributed by atoms with Crippen LogP contribution in [-0.4, -0.2) is 18.3 Å². The molecule has 1 N–H and O–H groups in total. The highest BCUT2D eigenvalue weighted by molar-refractivity contribution is 6.62. The monoisotopic (exact) mass is 421 g/mol. The van der Waals surface area contributed by atoms with Crippen molar-refractivity contribution in [2.45, 2.75) is 38.9 Å². The molecule has 0 spiro atoms. The number of hydrogen-bond donors (Lipinski definition) is 1. The third-order valence-electron chi connectivity index (χ3n) is 6.67. The Morgan fingerprint density at radius 3 is 1.97 bits per heavy atom. The van der Waals surface area contributed by atoms with Gasteiger partial charge in [0.25, 0.3) is 0 Å². The minimum absolute atomic E-state index is 0.340. The smallest absolute Gasteiger partial charge is 0.399 e. The molecule has 3 nitrogen and oxygen atoms in total. The van der Waals surface area contributed by atoms with E-state index in [1.54, 1.807) is 0 Å². The first-order valence-corrected chi connectivity index (χ1v) is 11.1. The Balaban J connectivity index is 1.43. The van der Waals surface area contributed by atoms with Crippen molar-refractivity contribution in [2.24, 2.45) is 0 Å². The highest BCUT2D eigenvalue weighted by Gasteiger charge is 2.51. The molecule has 0 amide bonds. The van der Waals surface area contributed by atoms with Gasteiger partial charge in [0.15, 0.2) is 0 Å².